The highest BCUT2D eigenvalue weighted by Crippen LogP contribution is 2.47. The summed E-state index contributed by atoms with van der Waals surface area (Å²) in [4.78, 5) is 0.269. The molecule has 3 unspecified atom stereocenters. The number of hydrogen-bond acceptors (Lipinski definition) is 1. The van der Waals surface area contributed by atoms with Gasteiger partial charge in [0, 0.05) is 15.9 Å². The van der Waals surface area contributed by atoms with Crippen molar-refractivity contribution in [1.29, 1.82) is 0 Å². The van der Waals surface area contributed by atoms with Crippen LogP contribution in [-0.2, 0) is 0 Å². The summed E-state index contributed by atoms with van der Waals surface area (Å²) >= 11 is 16.5. The fourth-order valence-corrected chi connectivity index (χ4v) is 4.65. The summed E-state index contributed by atoms with van der Waals surface area (Å²) in [5, 5.41) is 1.37. The van der Waals surface area contributed by atoms with Crippen LogP contribution < -0.4 is 4.74 Å². The van der Waals surface area contributed by atoms with E-state index in [1.165, 1.54) is 19.3 Å². The lowest BCUT2D eigenvalue weighted by Gasteiger charge is -2.23. The van der Waals surface area contributed by atoms with Gasteiger partial charge in [0.25, 0.3) is 0 Å². The summed E-state index contributed by atoms with van der Waals surface area (Å²) in [6.07, 6.45) is 3.85. The molecule has 1 aromatic rings. The summed E-state index contributed by atoms with van der Waals surface area (Å²) in [5.41, 5.74) is 1.08. The number of alkyl halides is 1. The van der Waals surface area contributed by atoms with Crippen LogP contribution in [0, 0.1) is 11.8 Å². The van der Waals surface area contributed by atoms with Gasteiger partial charge in [-0.1, -0.05) is 58.9 Å². The van der Waals surface area contributed by atoms with Crippen LogP contribution in [0.25, 0.3) is 0 Å². The third-order valence-corrected chi connectivity index (χ3v) is 5.75. The molecule has 106 valence electrons. The summed E-state index contributed by atoms with van der Waals surface area (Å²) in [5.74, 6) is 2.02. The number of rotatable bonds is 4. The average molecular weight is 366 g/mol. The Balaban J connectivity index is 2.26. The molecule has 0 N–H and O–H groups in total. The van der Waals surface area contributed by atoms with E-state index in [-0.39, 0.29) is 4.83 Å². The lowest BCUT2D eigenvalue weighted by atomic mass is 9.91. The molecule has 1 fully saturated rings. The predicted molar refractivity (Wildman–Crippen MR) is 85.8 cm³/mol. The van der Waals surface area contributed by atoms with Gasteiger partial charge in [-0.15, -0.1) is 0 Å². The van der Waals surface area contributed by atoms with E-state index in [4.69, 9.17) is 27.9 Å². The average Bonchev–Trinajstić information content (AvgIpc) is 2.79. The van der Waals surface area contributed by atoms with Crippen molar-refractivity contribution in [1.82, 2.24) is 0 Å². The van der Waals surface area contributed by atoms with Crippen LogP contribution in [0.3, 0.4) is 0 Å². The van der Waals surface area contributed by atoms with Gasteiger partial charge in [0.15, 0.2) is 0 Å². The van der Waals surface area contributed by atoms with Gasteiger partial charge in [0.05, 0.1) is 11.6 Å². The Morgan fingerprint density at radius 2 is 2.05 bits per heavy atom. The Kier molecular flexibility index (Phi) is 5.45. The molecule has 0 radical (unpaired) electrons. The summed E-state index contributed by atoms with van der Waals surface area (Å²) in [6, 6.07) is 3.77. The van der Waals surface area contributed by atoms with Crippen molar-refractivity contribution < 1.29 is 4.74 Å². The van der Waals surface area contributed by atoms with Crippen LogP contribution in [0.2, 0.25) is 10.0 Å². The van der Waals surface area contributed by atoms with E-state index in [0.29, 0.717) is 23.3 Å². The van der Waals surface area contributed by atoms with Crippen molar-refractivity contribution in [2.24, 2.45) is 11.8 Å². The minimum Gasteiger partial charge on any atom is -0.492 e. The molecule has 1 aromatic carbocycles. The summed E-state index contributed by atoms with van der Waals surface area (Å²) in [6.45, 7) is 4.84. The largest absolute Gasteiger partial charge is 0.492 e. The topological polar surface area (TPSA) is 9.23 Å². The van der Waals surface area contributed by atoms with E-state index >= 15 is 0 Å². The monoisotopic (exact) mass is 364 g/mol. The first kappa shape index (κ1) is 15.5. The minimum atomic E-state index is 0.269. The Labute approximate surface area is 133 Å². The zero-order valence-corrected chi connectivity index (χ0v) is 14.4. The quantitative estimate of drug-likeness (QED) is 0.571. The molecule has 0 spiro atoms. The van der Waals surface area contributed by atoms with Crippen LogP contribution in [0.5, 0.6) is 5.75 Å². The molecule has 1 saturated carbocycles. The fraction of sp³-hybridized carbons (Fsp3) is 0.600. The molecule has 0 aliphatic heterocycles. The molecule has 1 aliphatic rings. The molecule has 0 saturated heterocycles. The van der Waals surface area contributed by atoms with E-state index in [1.807, 2.05) is 19.1 Å². The zero-order chi connectivity index (χ0) is 14.0. The van der Waals surface area contributed by atoms with Crippen LogP contribution in [0.15, 0.2) is 12.1 Å². The first-order valence-electron chi connectivity index (χ1n) is 6.80. The third kappa shape index (κ3) is 3.40. The van der Waals surface area contributed by atoms with Gasteiger partial charge >= 0.3 is 0 Å². The van der Waals surface area contributed by atoms with E-state index in [2.05, 4.69) is 22.9 Å². The van der Waals surface area contributed by atoms with E-state index in [0.717, 1.165) is 16.5 Å². The number of halogens is 3. The normalized spacial score (nSPS) is 24.5. The standard InChI is InChI=1S/C15H19BrCl2O/c1-3-19-14-8-12(17)11(7-13(14)18)15(16)10-6-4-5-9(10)2/h7-10,15H,3-6H2,1-2H3. The number of benzene rings is 1. The van der Waals surface area contributed by atoms with Gasteiger partial charge in [-0.2, -0.15) is 0 Å². The summed E-state index contributed by atoms with van der Waals surface area (Å²) in [7, 11) is 0. The molecule has 2 rings (SSSR count). The van der Waals surface area contributed by atoms with E-state index < -0.39 is 0 Å². The lowest BCUT2D eigenvalue weighted by Crippen LogP contribution is -2.11. The Bertz CT molecular complexity index is 450. The van der Waals surface area contributed by atoms with Crippen molar-refractivity contribution in [3.05, 3.63) is 27.7 Å². The smallest absolute Gasteiger partial charge is 0.139 e. The van der Waals surface area contributed by atoms with Crippen molar-refractivity contribution in [2.75, 3.05) is 6.61 Å². The SMILES string of the molecule is CCOc1cc(Cl)c(C(Br)C2CCCC2C)cc1Cl. The van der Waals surface area contributed by atoms with Crippen molar-refractivity contribution in [3.63, 3.8) is 0 Å². The first-order valence-corrected chi connectivity index (χ1v) is 8.47. The van der Waals surface area contributed by atoms with Crippen molar-refractivity contribution in [3.8, 4) is 5.75 Å². The van der Waals surface area contributed by atoms with E-state index in [1.54, 1.807) is 0 Å². The van der Waals surface area contributed by atoms with E-state index in [9.17, 15) is 0 Å². The molecule has 0 bridgehead atoms. The maximum Gasteiger partial charge on any atom is 0.139 e. The maximum absolute atomic E-state index is 6.39. The van der Waals surface area contributed by atoms with Crippen LogP contribution in [0.4, 0.5) is 0 Å². The van der Waals surface area contributed by atoms with Gasteiger partial charge in [-0.3, -0.25) is 0 Å². The third-order valence-electron chi connectivity index (χ3n) is 3.95. The molecule has 0 aromatic heterocycles. The molecular formula is C15H19BrCl2O. The van der Waals surface area contributed by atoms with Crippen LogP contribution >= 0.6 is 39.1 Å². The van der Waals surface area contributed by atoms with Gasteiger partial charge in [-0.05, 0) is 36.8 Å². The lowest BCUT2D eigenvalue weighted by molar-refractivity contribution is 0.340. The molecule has 1 nitrogen and oxygen atoms in total. The van der Waals surface area contributed by atoms with Crippen LogP contribution in [-0.4, -0.2) is 6.61 Å². The highest BCUT2D eigenvalue weighted by molar-refractivity contribution is 9.09. The molecular weight excluding hydrogens is 347 g/mol. The Morgan fingerprint density at radius 3 is 2.63 bits per heavy atom. The minimum absolute atomic E-state index is 0.269. The maximum atomic E-state index is 6.39. The second-order valence-electron chi connectivity index (χ2n) is 5.21. The Hall–Kier alpha value is 0.0800. The Morgan fingerprint density at radius 1 is 1.32 bits per heavy atom. The molecule has 1 aliphatic carbocycles. The van der Waals surface area contributed by atoms with Gasteiger partial charge < -0.3 is 4.74 Å². The summed E-state index contributed by atoms with van der Waals surface area (Å²) < 4.78 is 5.47. The zero-order valence-electron chi connectivity index (χ0n) is 11.3. The molecule has 0 amide bonds. The van der Waals surface area contributed by atoms with Crippen molar-refractivity contribution in [2.45, 2.75) is 37.9 Å². The number of ether oxygens (including phenoxy) is 1. The highest BCUT2D eigenvalue weighted by Gasteiger charge is 2.31. The fourth-order valence-electron chi connectivity index (χ4n) is 2.86. The molecule has 0 heterocycles. The highest BCUT2D eigenvalue weighted by atomic mass is 79.9. The second-order valence-corrected chi connectivity index (χ2v) is 7.01. The van der Waals surface area contributed by atoms with Gasteiger partial charge in [-0.25, -0.2) is 0 Å². The molecule has 4 heteroatoms. The van der Waals surface area contributed by atoms with Gasteiger partial charge in [0.2, 0.25) is 0 Å². The molecule has 3 atom stereocenters. The van der Waals surface area contributed by atoms with Gasteiger partial charge in [0.1, 0.15) is 5.75 Å². The van der Waals surface area contributed by atoms with Crippen LogP contribution in [0.1, 0.15) is 43.5 Å². The first-order chi connectivity index (χ1) is 9.04. The predicted octanol–water partition coefficient (Wildman–Crippen LogP) is 6.26. The van der Waals surface area contributed by atoms with Crippen molar-refractivity contribution >= 4 is 39.1 Å². The number of hydrogen-bond donors (Lipinski definition) is 0. The molecule has 19 heavy (non-hydrogen) atoms. The second kappa shape index (κ2) is 6.69.